The molecule has 41 heavy (non-hydrogen) atoms. The number of alkyl halides is 3. The minimum Gasteiger partial charge on any atom is -0.477 e. The first-order valence-corrected chi connectivity index (χ1v) is 13.5. The van der Waals surface area contributed by atoms with Crippen molar-refractivity contribution in [2.24, 2.45) is 11.3 Å². The number of piperidine rings is 1. The first kappa shape index (κ1) is 30.7. The first-order valence-electron chi connectivity index (χ1n) is 13.5. The molecule has 222 valence electrons. The number of aliphatic carboxylic acids is 1. The molecule has 4 atom stereocenters. The number of ketones is 1. The third-order valence-electron chi connectivity index (χ3n) is 7.96. The third kappa shape index (κ3) is 5.50. The van der Waals surface area contributed by atoms with E-state index in [2.05, 4.69) is 10.1 Å². The number of fused-ring (bicyclic) bond motifs is 1. The molecule has 2 aromatic rings. The number of amides is 1. The highest BCUT2D eigenvalue weighted by Gasteiger charge is 2.70. The number of rotatable bonds is 6. The van der Waals surface area contributed by atoms with Gasteiger partial charge in [0.2, 0.25) is 5.54 Å². The van der Waals surface area contributed by atoms with Crippen molar-refractivity contribution in [1.82, 2.24) is 9.80 Å². The highest BCUT2D eigenvalue weighted by Crippen LogP contribution is 2.51. The number of nitrogens with zero attached hydrogens (tertiary/aromatic N) is 1. The van der Waals surface area contributed by atoms with E-state index in [0.717, 1.165) is 5.56 Å². The average molecular weight is 578 g/mol. The van der Waals surface area contributed by atoms with Crippen LogP contribution in [0.4, 0.5) is 18.9 Å². The normalized spacial score (nSPS) is 27.1. The summed E-state index contributed by atoms with van der Waals surface area (Å²) < 4.78 is 49.9. The van der Waals surface area contributed by atoms with E-state index in [1.807, 2.05) is 20.8 Å². The number of carboxylic acid groups (broad SMARTS) is 1. The quantitative estimate of drug-likeness (QED) is 0.470. The molecule has 2 aliphatic heterocycles. The molecular formula is C30H36F3N2O6+. The summed E-state index contributed by atoms with van der Waals surface area (Å²) in [7, 11) is 0. The summed E-state index contributed by atoms with van der Waals surface area (Å²) in [6.45, 7) is 8.47. The van der Waals surface area contributed by atoms with Gasteiger partial charge in [-0.2, -0.15) is 0 Å². The fraction of sp³-hybridized carbons (Fsp3) is 0.500. The zero-order chi connectivity index (χ0) is 30.4. The lowest BCUT2D eigenvalue weighted by molar-refractivity contribution is -0.275. The summed E-state index contributed by atoms with van der Waals surface area (Å²) >= 11 is 0. The molecule has 1 amide bonds. The van der Waals surface area contributed by atoms with E-state index < -0.39 is 58.1 Å². The second-order valence-corrected chi connectivity index (χ2v) is 12.1. The molecule has 0 saturated carbocycles. The molecule has 4 rings (SSSR count). The number of ether oxygens (including phenoxy) is 2. The zero-order valence-electron chi connectivity index (χ0n) is 23.8. The van der Waals surface area contributed by atoms with Crippen molar-refractivity contribution in [1.29, 1.82) is 0 Å². The summed E-state index contributed by atoms with van der Waals surface area (Å²) in [4.78, 5) is 41.2. The maximum absolute atomic E-state index is 14.6. The molecule has 0 aliphatic carbocycles. The van der Waals surface area contributed by atoms with Crippen molar-refractivity contribution in [3.63, 3.8) is 0 Å². The smallest absolute Gasteiger partial charge is 0.477 e. The monoisotopic (exact) mass is 577 g/mol. The number of para-hydroxylation sites is 1. The number of benzene rings is 2. The summed E-state index contributed by atoms with van der Waals surface area (Å²) in [6.07, 6.45) is -6.19. The van der Waals surface area contributed by atoms with E-state index in [4.69, 9.17) is 4.74 Å². The van der Waals surface area contributed by atoms with Crippen LogP contribution in [0.25, 0.3) is 0 Å². The van der Waals surface area contributed by atoms with Crippen LogP contribution in [0.3, 0.4) is 0 Å². The fourth-order valence-electron chi connectivity index (χ4n) is 6.58. The van der Waals surface area contributed by atoms with E-state index >= 15 is 0 Å². The number of carbonyl (C=O) groups excluding carboxylic acids is 2. The second kappa shape index (κ2) is 10.8. The summed E-state index contributed by atoms with van der Waals surface area (Å²) in [5, 5.41) is 14.1. The Hall–Kier alpha value is -3.28. The Labute approximate surface area is 237 Å². The number of carbonyl (C=O) groups is 3. The average Bonchev–Trinajstić information content (AvgIpc) is 2.97. The number of Topliss-reactive ketones (excluding diaryl/α,β-unsaturated/α-hetero) is 1. The molecule has 1 saturated heterocycles. The van der Waals surface area contributed by atoms with Crippen molar-refractivity contribution in [2.75, 3.05) is 26.2 Å². The highest BCUT2D eigenvalue weighted by molar-refractivity contribution is 6.02. The van der Waals surface area contributed by atoms with Crippen molar-refractivity contribution in [2.45, 2.75) is 59.0 Å². The van der Waals surface area contributed by atoms with E-state index in [1.165, 1.54) is 25.1 Å². The van der Waals surface area contributed by atoms with Gasteiger partial charge in [0.05, 0.1) is 12.5 Å². The number of nitrogens with one attached hydrogen (secondary N) is 1. The lowest BCUT2D eigenvalue weighted by atomic mass is 9.70. The number of quaternary nitrogens is 1. The second-order valence-electron chi connectivity index (χ2n) is 12.1. The Kier molecular flexibility index (Phi) is 8.12. The number of halogens is 3. The Morgan fingerprint density at radius 2 is 1.83 bits per heavy atom. The maximum atomic E-state index is 14.6. The molecular weight excluding hydrogens is 541 g/mol. The number of aryl methyl sites for hydroxylation is 1. The lowest BCUT2D eigenvalue weighted by Crippen LogP contribution is -2.80. The molecule has 11 heteroatoms. The zero-order valence-corrected chi connectivity index (χ0v) is 23.8. The molecule has 2 heterocycles. The largest absolute Gasteiger partial charge is 0.573 e. The van der Waals surface area contributed by atoms with E-state index in [1.54, 1.807) is 31.2 Å². The van der Waals surface area contributed by atoms with Gasteiger partial charge in [0.15, 0.2) is 6.61 Å². The number of hydrogen-bond acceptors (Lipinski definition) is 6. The van der Waals surface area contributed by atoms with Gasteiger partial charge < -0.3 is 19.9 Å². The topological polar surface area (TPSA) is 102 Å². The fourth-order valence-corrected chi connectivity index (χ4v) is 6.58. The van der Waals surface area contributed by atoms with Crippen LogP contribution in [0.5, 0.6) is 5.75 Å². The maximum Gasteiger partial charge on any atom is 0.573 e. The van der Waals surface area contributed by atoms with Gasteiger partial charge >= 0.3 is 18.2 Å². The third-order valence-corrected chi connectivity index (χ3v) is 7.96. The van der Waals surface area contributed by atoms with Gasteiger partial charge in [0, 0.05) is 42.1 Å². The SMILES string of the molecule is CC(=O)[C@H]1CNCC[C@]1(C(=O)O)[N@+]1(CC(C)(C)C)C(=O)COC(c2ccccc2OC(F)(F)F)c2cc(C)ccc21. The van der Waals surface area contributed by atoms with Crippen LogP contribution in [0.2, 0.25) is 0 Å². The summed E-state index contributed by atoms with van der Waals surface area (Å²) in [5.41, 5.74) is -1.12. The van der Waals surface area contributed by atoms with E-state index in [0.29, 0.717) is 5.56 Å². The first-order chi connectivity index (χ1) is 19.0. The van der Waals surface area contributed by atoms with Crippen molar-refractivity contribution in [3.8, 4) is 5.75 Å². The van der Waals surface area contributed by atoms with Crippen LogP contribution in [0.15, 0.2) is 42.5 Å². The van der Waals surface area contributed by atoms with Gasteiger partial charge in [-0.3, -0.25) is 4.79 Å². The molecule has 2 N–H and O–H groups in total. The standard InChI is InChI=1S/C30H35F3N2O6/c1-18-10-11-23-21(14-18)26(20-8-6-7-9-24(20)41-30(31,32)33)40-16-25(37)35(23,17-28(3,4)5)29(27(38)39)12-13-34-15-22(29)19(2)36/h6-11,14,22,26,34H,12-13,15-17H2,1-5H3/p+1/t22-,26?,29+,35+/m1/s1. The van der Waals surface area contributed by atoms with Crippen LogP contribution in [-0.2, 0) is 19.1 Å². The summed E-state index contributed by atoms with van der Waals surface area (Å²) in [6, 6.07) is 10.6. The van der Waals surface area contributed by atoms with Gasteiger partial charge in [-0.25, -0.2) is 14.1 Å². The molecule has 0 radical (unpaired) electrons. The van der Waals surface area contributed by atoms with E-state index in [9.17, 15) is 32.7 Å². The molecule has 0 aromatic heterocycles. The van der Waals surface area contributed by atoms with Gasteiger partial charge in [0.25, 0.3) is 0 Å². The predicted octanol–water partition coefficient (Wildman–Crippen LogP) is 4.92. The minimum atomic E-state index is -4.98. The minimum absolute atomic E-state index is 0.00868. The van der Waals surface area contributed by atoms with Gasteiger partial charge in [0.1, 0.15) is 23.3 Å². The lowest BCUT2D eigenvalue weighted by Gasteiger charge is -2.54. The highest BCUT2D eigenvalue weighted by atomic mass is 19.4. The Bertz CT molecular complexity index is 1350. The van der Waals surface area contributed by atoms with Gasteiger partial charge in [-0.15, -0.1) is 13.2 Å². The number of hydrogen-bond donors (Lipinski definition) is 2. The molecule has 1 unspecified atom stereocenters. The van der Waals surface area contributed by atoms with Crippen molar-refractivity contribution >= 4 is 23.3 Å². The van der Waals surface area contributed by atoms with Crippen LogP contribution < -0.4 is 14.5 Å². The van der Waals surface area contributed by atoms with Gasteiger partial charge in [-0.1, -0.05) is 50.6 Å². The van der Waals surface area contributed by atoms with Crippen LogP contribution in [0.1, 0.15) is 56.9 Å². The molecule has 8 nitrogen and oxygen atoms in total. The number of carboxylic acids is 1. The van der Waals surface area contributed by atoms with Crippen LogP contribution >= 0.6 is 0 Å². The Morgan fingerprint density at radius 3 is 2.44 bits per heavy atom. The summed E-state index contributed by atoms with van der Waals surface area (Å²) in [5.74, 6) is -3.80. The molecule has 2 aliphatic rings. The van der Waals surface area contributed by atoms with Crippen molar-refractivity contribution < 1.29 is 42.1 Å². The Balaban J connectivity index is 2.11. The van der Waals surface area contributed by atoms with Crippen LogP contribution in [0, 0.1) is 18.3 Å². The molecule has 0 bridgehead atoms. The molecule has 0 spiro atoms. The van der Waals surface area contributed by atoms with E-state index in [-0.39, 0.29) is 43.1 Å². The molecule has 2 aromatic carbocycles. The Morgan fingerprint density at radius 1 is 1.15 bits per heavy atom. The predicted molar refractivity (Wildman–Crippen MR) is 145 cm³/mol. The van der Waals surface area contributed by atoms with Crippen LogP contribution in [-0.4, -0.2) is 60.9 Å². The molecule has 1 fully saturated rings. The van der Waals surface area contributed by atoms with Gasteiger partial charge in [-0.05, 0) is 26.0 Å². The van der Waals surface area contributed by atoms with Crippen molar-refractivity contribution in [3.05, 3.63) is 59.2 Å².